The van der Waals surface area contributed by atoms with Gasteiger partial charge in [-0.15, -0.1) is 0 Å². The summed E-state index contributed by atoms with van der Waals surface area (Å²) in [6, 6.07) is 8.28. The molecule has 4 rings (SSSR count). The SMILES string of the molecule is COCCN1C(=CC=CC2=[N+](CCCCCC(=O)O)c3ccc(S(=O)(=O)[O-])cc3C2(C)C)C(C)(CCCS(=O)(=O)O)c2cc(S(=O)(=O)[O-])ccc21.[Na+].[Na+]. The molecule has 1 atom stereocenters. The summed E-state index contributed by atoms with van der Waals surface area (Å²) in [5, 5.41) is 9.04. The van der Waals surface area contributed by atoms with Crippen molar-refractivity contribution in [2.24, 2.45) is 0 Å². The number of allylic oxidation sites excluding steroid dienone is 4. The number of hydrogen-bond acceptors (Lipinski definition) is 11. The standard InChI is InChI=1S/C34H44N2O12S3.2Na/c1-33(2)26-22-24(50(42,43)44)13-15-28(26)35(18-7-5-6-12-32(37)38)30(33)10-8-11-31-34(3,17-9-21-49(39,40)41)27-23-25(51(45,46)47)14-16-29(27)36(31)19-20-48-4;;/h8,10-11,13-16,22-23H,5-7,9,12,17-21H2,1-4H3,(H3-,37,38,39,40,41,42,43,44,45,46,47);;/q;2*+1/p-1. The third-order valence-corrected chi connectivity index (χ3v) is 12.0. The van der Waals surface area contributed by atoms with E-state index >= 15 is 0 Å². The summed E-state index contributed by atoms with van der Waals surface area (Å²) in [5.74, 6) is -1.42. The molecule has 2 aromatic carbocycles. The quantitative estimate of drug-likeness (QED) is 0.0769. The largest absolute Gasteiger partial charge is 1.00 e. The summed E-state index contributed by atoms with van der Waals surface area (Å²) in [7, 11) is -12.4. The average molecular weight is 814 g/mol. The number of benzene rings is 2. The van der Waals surface area contributed by atoms with Crippen molar-refractivity contribution in [3.05, 3.63) is 71.5 Å². The molecule has 0 aromatic heterocycles. The number of nitrogens with zero attached hydrogens (tertiary/aromatic N) is 2. The zero-order valence-electron chi connectivity index (χ0n) is 30.9. The molecule has 0 saturated heterocycles. The predicted octanol–water partition coefficient (Wildman–Crippen LogP) is -1.94. The number of carboxylic acids is 1. The molecule has 0 aliphatic carbocycles. The third kappa shape index (κ3) is 11.3. The number of ether oxygens (including phenoxy) is 1. The van der Waals surface area contributed by atoms with Crippen LogP contribution in [0.25, 0.3) is 0 Å². The Hall–Kier alpha value is -1.45. The van der Waals surface area contributed by atoms with Crippen molar-refractivity contribution < 1.29 is 117 Å². The number of anilines is 1. The summed E-state index contributed by atoms with van der Waals surface area (Å²) < 4.78 is 112. The van der Waals surface area contributed by atoms with Gasteiger partial charge in [-0.3, -0.25) is 9.35 Å². The van der Waals surface area contributed by atoms with Gasteiger partial charge in [0.05, 0.1) is 27.6 Å². The molecule has 0 saturated carbocycles. The van der Waals surface area contributed by atoms with Crippen molar-refractivity contribution in [1.29, 1.82) is 0 Å². The van der Waals surface area contributed by atoms with E-state index in [9.17, 15) is 43.7 Å². The number of hydrogen-bond donors (Lipinski definition) is 2. The topological polar surface area (TPSA) is 222 Å². The predicted molar refractivity (Wildman–Crippen MR) is 187 cm³/mol. The second-order valence-electron chi connectivity index (χ2n) is 13.4. The minimum Gasteiger partial charge on any atom is -0.744 e. The van der Waals surface area contributed by atoms with E-state index in [1.807, 2.05) is 29.4 Å². The molecule has 2 N–H and O–H groups in total. The Balaban J connectivity index is 0.00000486. The van der Waals surface area contributed by atoms with Crippen LogP contribution in [0.15, 0.2) is 70.1 Å². The second-order valence-corrected chi connectivity index (χ2v) is 17.7. The fraction of sp³-hybridized carbons (Fsp3) is 0.471. The van der Waals surface area contributed by atoms with Crippen LogP contribution in [0.5, 0.6) is 0 Å². The van der Waals surface area contributed by atoms with Crippen LogP contribution < -0.4 is 64.0 Å². The van der Waals surface area contributed by atoms with Crippen molar-refractivity contribution in [3.8, 4) is 0 Å². The molecule has 2 heterocycles. The molecular formula is C34H43N2Na2O12S3+. The van der Waals surface area contributed by atoms with Crippen LogP contribution in [0.2, 0.25) is 0 Å². The van der Waals surface area contributed by atoms with Gasteiger partial charge in [-0.2, -0.15) is 13.0 Å². The van der Waals surface area contributed by atoms with Crippen LogP contribution in [0, 0.1) is 0 Å². The summed E-state index contributed by atoms with van der Waals surface area (Å²) in [6.07, 6.45) is 7.37. The Morgan fingerprint density at radius 1 is 0.906 bits per heavy atom. The van der Waals surface area contributed by atoms with Crippen molar-refractivity contribution in [2.45, 2.75) is 79.9 Å². The molecule has 2 aliphatic rings. The summed E-state index contributed by atoms with van der Waals surface area (Å²) in [5.41, 5.74) is 2.03. The number of methoxy groups -OCH3 is 1. The van der Waals surface area contributed by atoms with E-state index in [0.717, 1.165) is 5.71 Å². The van der Waals surface area contributed by atoms with Crippen LogP contribution >= 0.6 is 0 Å². The zero-order valence-corrected chi connectivity index (χ0v) is 37.3. The van der Waals surface area contributed by atoms with Gasteiger partial charge in [0.15, 0.2) is 5.71 Å². The Labute approximate surface area is 356 Å². The molecule has 53 heavy (non-hydrogen) atoms. The maximum absolute atomic E-state index is 12.0. The smallest absolute Gasteiger partial charge is 0.744 e. The van der Waals surface area contributed by atoms with Crippen molar-refractivity contribution in [1.82, 2.24) is 0 Å². The molecule has 14 nitrogen and oxygen atoms in total. The van der Waals surface area contributed by atoms with Gasteiger partial charge in [0, 0.05) is 61.0 Å². The van der Waals surface area contributed by atoms with Gasteiger partial charge >= 0.3 is 65.1 Å². The molecule has 0 radical (unpaired) electrons. The third-order valence-electron chi connectivity index (χ3n) is 9.53. The van der Waals surface area contributed by atoms with E-state index < -0.39 is 57.8 Å². The van der Waals surface area contributed by atoms with Gasteiger partial charge in [-0.05, 0) is 88.4 Å². The van der Waals surface area contributed by atoms with Gasteiger partial charge in [0.25, 0.3) is 10.1 Å². The maximum Gasteiger partial charge on any atom is 1.00 e. The Morgan fingerprint density at radius 3 is 2.08 bits per heavy atom. The van der Waals surface area contributed by atoms with E-state index in [4.69, 9.17) is 9.84 Å². The maximum atomic E-state index is 12.0. The van der Waals surface area contributed by atoms with Crippen LogP contribution in [0.1, 0.15) is 70.4 Å². The Kier molecular flexibility index (Phi) is 16.8. The normalized spacial score (nSPS) is 18.9. The first-order chi connectivity index (χ1) is 23.6. The van der Waals surface area contributed by atoms with E-state index in [1.54, 1.807) is 25.1 Å². The molecule has 0 fully saturated rings. The van der Waals surface area contributed by atoms with E-state index in [1.165, 1.54) is 37.4 Å². The number of unbranched alkanes of at least 4 members (excludes halogenated alkanes) is 2. The number of rotatable bonds is 17. The molecule has 0 spiro atoms. The van der Waals surface area contributed by atoms with Gasteiger partial charge < -0.3 is 23.8 Å². The fourth-order valence-electron chi connectivity index (χ4n) is 6.99. The molecule has 0 amide bonds. The van der Waals surface area contributed by atoms with Crippen LogP contribution in [0.4, 0.5) is 11.4 Å². The zero-order chi connectivity index (χ0) is 38.0. The van der Waals surface area contributed by atoms with Crippen molar-refractivity contribution in [2.75, 3.05) is 37.5 Å². The van der Waals surface area contributed by atoms with Crippen LogP contribution in [-0.4, -0.2) is 92.8 Å². The summed E-state index contributed by atoms with van der Waals surface area (Å²) >= 11 is 0. The second kappa shape index (κ2) is 18.7. The van der Waals surface area contributed by atoms with Gasteiger partial charge in [-0.25, -0.2) is 16.8 Å². The Bertz CT molecular complexity index is 2120. The van der Waals surface area contributed by atoms with Gasteiger partial charge in [0.1, 0.15) is 26.8 Å². The number of fused-ring (bicyclic) bond motifs is 2. The molecule has 1 unspecified atom stereocenters. The monoisotopic (exact) mass is 813 g/mol. The van der Waals surface area contributed by atoms with Crippen LogP contribution in [0.3, 0.4) is 0 Å². The van der Waals surface area contributed by atoms with Crippen molar-refractivity contribution >= 4 is 53.4 Å². The fourth-order valence-corrected chi connectivity index (χ4v) is 8.49. The van der Waals surface area contributed by atoms with E-state index in [2.05, 4.69) is 0 Å². The molecular weight excluding hydrogens is 771 g/mol. The first-order valence-corrected chi connectivity index (χ1v) is 20.7. The average Bonchev–Trinajstić information content (AvgIpc) is 3.37. The molecule has 280 valence electrons. The molecule has 0 bridgehead atoms. The molecule has 2 aromatic rings. The summed E-state index contributed by atoms with van der Waals surface area (Å²) in [4.78, 5) is 12.1. The van der Waals surface area contributed by atoms with E-state index in [-0.39, 0.29) is 89.9 Å². The number of carbonyl (C=O) groups is 1. The minimum atomic E-state index is -4.83. The van der Waals surface area contributed by atoms with Crippen molar-refractivity contribution in [3.63, 3.8) is 0 Å². The molecule has 2 aliphatic heterocycles. The van der Waals surface area contributed by atoms with E-state index in [0.29, 0.717) is 60.6 Å². The van der Waals surface area contributed by atoms with Gasteiger partial charge in [0.2, 0.25) is 5.69 Å². The molecule has 19 heteroatoms. The Morgan fingerprint density at radius 2 is 1.51 bits per heavy atom. The van der Waals surface area contributed by atoms with Crippen LogP contribution in [-0.2, 0) is 50.7 Å². The number of carboxylic acid groups (broad SMARTS) is 1. The first-order valence-electron chi connectivity index (χ1n) is 16.3. The first kappa shape index (κ1) is 47.7. The number of aliphatic carboxylic acids is 1. The van der Waals surface area contributed by atoms with Gasteiger partial charge in [-0.1, -0.05) is 6.08 Å². The summed E-state index contributed by atoms with van der Waals surface area (Å²) in [6.45, 7) is 6.66. The minimum absolute atomic E-state index is 0.